The van der Waals surface area contributed by atoms with Crippen LogP contribution in [-0.4, -0.2) is 48.6 Å². The second-order valence-electron chi connectivity index (χ2n) is 7.86. The summed E-state index contributed by atoms with van der Waals surface area (Å²) in [5.41, 5.74) is 2.44. The summed E-state index contributed by atoms with van der Waals surface area (Å²) in [5, 5.41) is 9.20. The van der Waals surface area contributed by atoms with Crippen molar-refractivity contribution in [2.75, 3.05) is 31.1 Å². The van der Waals surface area contributed by atoms with Gasteiger partial charge in [0.25, 0.3) is 5.91 Å². The Balaban J connectivity index is 1.50. The smallest absolute Gasteiger partial charge is 0.387 e. The zero-order chi connectivity index (χ0) is 22.8. The van der Waals surface area contributed by atoms with E-state index >= 15 is 0 Å². The van der Waals surface area contributed by atoms with Crippen LogP contribution in [0.2, 0.25) is 0 Å². The Labute approximate surface area is 183 Å². The van der Waals surface area contributed by atoms with Gasteiger partial charge in [-0.1, -0.05) is 13.8 Å². The molecular formula is C23H22F2N4O3. The van der Waals surface area contributed by atoms with Crippen LogP contribution in [0.1, 0.15) is 41.4 Å². The number of carbonyl (C=O) groups is 1. The van der Waals surface area contributed by atoms with Crippen LogP contribution in [0.3, 0.4) is 0 Å². The molecule has 4 rings (SSSR count). The van der Waals surface area contributed by atoms with E-state index in [1.165, 1.54) is 12.1 Å². The number of hydrogen-bond acceptors (Lipinski definition) is 6. The maximum Gasteiger partial charge on any atom is 0.387 e. The number of fused-ring (bicyclic) bond motifs is 1. The van der Waals surface area contributed by atoms with E-state index in [2.05, 4.69) is 9.72 Å². The number of nitriles is 1. The fourth-order valence-corrected chi connectivity index (χ4v) is 3.75. The SMILES string of the molecule is CC(C)c1cc2nccc(C(=O)N3CCN(c4cc(C#N)cc(OC(F)F)c4)CC3)c2o1. The number of aromatic nitrogens is 1. The number of pyridine rings is 1. The molecule has 1 saturated heterocycles. The van der Waals surface area contributed by atoms with Crippen LogP contribution in [-0.2, 0) is 0 Å². The average Bonchev–Trinajstić information content (AvgIpc) is 3.23. The highest BCUT2D eigenvalue weighted by molar-refractivity contribution is 6.04. The summed E-state index contributed by atoms with van der Waals surface area (Å²) in [6.45, 7) is 2.89. The summed E-state index contributed by atoms with van der Waals surface area (Å²) in [5.74, 6) is 0.746. The first-order valence-corrected chi connectivity index (χ1v) is 10.3. The predicted octanol–water partition coefficient (Wildman–Crippen LogP) is 4.39. The van der Waals surface area contributed by atoms with Gasteiger partial charge in [0, 0.05) is 56.1 Å². The normalized spacial score (nSPS) is 14.3. The maximum atomic E-state index is 13.2. The van der Waals surface area contributed by atoms with Gasteiger partial charge in [0.05, 0.1) is 17.2 Å². The largest absolute Gasteiger partial charge is 0.458 e. The molecule has 32 heavy (non-hydrogen) atoms. The monoisotopic (exact) mass is 440 g/mol. The molecule has 2 aromatic heterocycles. The van der Waals surface area contributed by atoms with Crippen LogP contribution < -0.4 is 9.64 Å². The van der Waals surface area contributed by atoms with E-state index in [-0.39, 0.29) is 23.1 Å². The molecule has 9 heteroatoms. The molecule has 7 nitrogen and oxygen atoms in total. The van der Waals surface area contributed by atoms with Crippen molar-refractivity contribution >= 4 is 22.7 Å². The number of ether oxygens (including phenoxy) is 1. The Kier molecular flexibility index (Phi) is 5.95. The van der Waals surface area contributed by atoms with Crippen molar-refractivity contribution < 1.29 is 22.7 Å². The molecule has 0 aliphatic carbocycles. The number of hydrogen-bond donors (Lipinski definition) is 0. The van der Waals surface area contributed by atoms with Crippen LogP contribution in [0.5, 0.6) is 5.75 Å². The lowest BCUT2D eigenvalue weighted by Crippen LogP contribution is -2.48. The minimum Gasteiger partial charge on any atom is -0.458 e. The van der Waals surface area contributed by atoms with E-state index in [1.54, 1.807) is 23.2 Å². The van der Waals surface area contributed by atoms with Crippen molar-refractivity contribution in [2.24, 2.45) is 0 Å². The summed E-state index contributed by atoms with van der Waals surface area (Å²) in [6.07, 6.45) is 1.60. The van der Waals surface area contributed by atoms with Crippen molar-refractivity contribution in [3.63, 3.8) is 0 Å². The van der Waals surface area contributed by atoms with Gasteiger partial charge in [-0.2, -0.15) is 14.0 Å². The second-order valence-corrected chi connectivity index (χ2v) is 7.86. The van der Waals surface area contributed by atoms with Crippen LogP contribution >= 0.6 is 0 Å². The lowest BCUT2D eigenvalue weighted by Gasteiger charge is -2.36. The predicted molar refractivity (Wildman–Crippen MR) is 114 cm³/mol. The third-order valence-corrected chi connectivity index (χ3v) is 5.41. The van der Waals surface area contributed by atoms with Crippen molar-refractivity contribution in [3.05, 3.63) is 53.4 Å². The third kappa shape index (κ3) is 4.35. The molecule has 0 saturated carbocycles. The molecule has 1 aliphatic heterocycles. The number of nitrogens with zero attached hydrogens (tertiary/aromatic N) is 4. The molecule has 1 aromatic carbocycles. The van der Waals surface area contributed by atoms with Crippen LogP contribution in [0, 0.1) is 11.3 Å². The minimum atomic E-state index is -2.97. The molecular weight excluding hydrogens is 418 g/mol. The first kappa shape index (κ1) is 21.6. The highest BCUT2D eigenvalue weighted by atomic mass is 19.3. The van der Waals surface area contributed by atoms with Gasteiger partial charge < -0.3 is 19.0 Å². The Morgan fingerprint density at radius 2 is 1.94 bits per heavy atom. The summed E-state index contributed by atoms with van der Waals surface area (Å²) in [4.78, 5) is 21.2. The number of piperazine rings is 1. The molecule has 1 aliphatic rings. The number of anilines is 1. The minimum absolute atomic E-state index is 0.0643. The van der Waals surface area contributed by atoms with Crippen LogP contribution in [0.25, 0.3) is 11.1 Å². The third-order valence-electron chi connectivity index (χ3n) is 5.41. The number of carbonyl (C=O) groups excluding carboxylic acids is 1. The van der Waals surface area contributed by atoms with Crippen molar-refractivity contribution in [2.45, 2.75) is 26.4 Å². The molecule has 1 amide bonds. The van der Waals surface area contributed by atoms with Gasteiger partial charge in [0.15, 0.2) is 5.58 Å². The van der Waals surface area contributed by atoms with Gasteiger partial charge in [-0.3, -0.25) is 9.78 Å². The molecule has 1 fully saturated rings. The highest BCUT2D eigenvalue weighted by Crippen LogP contribution is 2.29. The van der Waals surface area contributed by atoms with Gasteiger partial charge in [-0.25, -0.2) is 0 Å². The number of amides is 1. The van der Waals surface area contributed by atoms with E-state index in [9.17, 15) is 18.8 Å². The van der Waals surface area contributed by atoms with E-state index in [0.717, 1.165) is 5.76 Å². The standard InChI is InChI=1S/C23H22F2N4O3/c1-14(2)20-12-19-21(32-20)18(3-4-27-19)22(30)29-7-5-28(6-8-29)16-9-15(13-26)10-17(11-16)31-23(24)25/h3-4,9-12,14,23H,5-8H2,1-2H3. The van der Waals surface area contributed by atoms with Crippen molar-refractivity contribution in [1.29, 1.82) is 5.26 Å². The number of halogens is 2. The zero-order valence-electron chi connectivity index (χ0n) is 17.7. The fraction of sp³-hybridized carbons (Fsp3) is 0.348. The molecule has 0 unspecified atom stereocenters. The molecule has 0 bridgehead atoms. The van der Waals surface area contributed by atoms with Crippen LogP contribution in [0.4, 0.5) is 14.5 Å². The number of benzene rings is 1. The quantitative estimate of drug-likeness (QED) is 0.585. The summed E-state index contributed by atoms with van der Waals surface area (Å²) in [6, 6.07) is 9.86. The molecule has 3 aromatic rings. The van der Waals surface area contributed by atoms with Gasteiger partial charge in [0.1, 0.15) is 17.0 Å². The lowest BCUT2D eigenvalue weighted by molar-refractivity contribution is -0.0498. The molecule has 0 N–H and O–H groups in total. The number of furan rings is 1. The van der Waals surface area contributed by atoms with Gasteiger partial charge >= 0.3 is 6.61 Å². The lowest BCUT2D eigenvalue weighted by atomic mass is 10.1. The number of rotatable bonds is 5. The second kappa shape index (κ2) is 8.83. The topological polar surface area (TPSA) is 82.6 Å². The van der Waals surface area contributed by atoms with E-state index in [4.69, 9.17) is 4.42 Å². The van der Waals surface area contributed by atoms with Gasteiger partial charge in [-0.15, -0.1) is 0 Å². The number of alkyl halides is 2. The zero-order valence-corrected chi connectivity index (χ0v) is 17.7. The van der Waals surface area contributed by atoms with Crippen molar-refractivity contribution in [3.8, 4) is 11.8 Å². The Bertz CT molecular complexity index is 1180. The first-order chi connectivity index (χ1) is 15.4. The van der Waals surface area contributed by atoms with E-state index in [1.807, 2.05) is 30.9 Å². The Morgan fingerprint density at radius 3 is 2.59 bits per heavy atom. The van der Waals surface area contributed by atoms with Gasteiger partial charge in [0.2, 0.25) is 0 Å². The van der Waals surface area contributed by atoms with Crippen molar-refractivity contribution in [1.82, 2.24) is 9.88 Å². The maximum absolute atomic E-state index is 13.2. The Morgan fingerprint density at radius 1 is 1.19 bits per heavy atom. The van der Waals surface area contributed by atoms with Gasteiger partial charge in [-0.05, 0) is 18.2 Å². The average molecular weight is 440 g/mol. The summed E-state index contributed by atoms with van der Waals surface area (Å²) < 4.78 is 35.6. The van der Waals surface area contributed by atoms with Crippen LogP contribution in [0.15, 0.2) is 40.9 Å². The molecule has 166 valence electrons. The van der Waals surface area contributed by atoms with E-state index in [0.29, 0.717) is 48.5 Å². The van der Waals surface area contributed by atoms with E-state index < -0.39 is 6.61 Å². The highest BCUT2D eigenvalue weighted by Gasteiger charge is 2.26. The summed E-state index contributed by atoms with van der Waals surface area (Å²) >= 11 is 0. The molecule has 0 atom stereocenters. The fourth-order valence-electron chi connectivity index (χ4n) is 3.75. The molecule has 0 spiro atoms. The first-order valence-electron chi connectivity index (χ1n) is 10.3. The summed E-state index contributed by atoms with van der Waals surface area (Å²) in [7, 11) is 0. The molecule has 0 radical (unpaired) electrons. The Hall–Kier alpha value is -3.67. The molecule has 3 heterocycles.